The Morgan fingerprint density at radius 2 is 2.00 bits per heavy atom. The van der Waals surface area contributed by atoms with Crippen LogP contribution in [0.25, 0.3) is 10.9 Å². The third-order valence-electron chi connectivity index (χ3n) is 5.53. The number of rotatable bonds is 8. The van der Waals surface area contributed by atoms with Crippen LogP contribution >= 0.6 is 22.9 Å². The van der Waals surface area contributed by atoms with Crippen LogP contribution in [0.4, 0.5) is 0 Å². The molecule has 170 valence electrons. The number of fused-ring (bicyclic) bond motifs is 1. The van der Waals surface area contributed by atoms with Crippen LogP contribution in [0.2, 0.25) is 5.02 Å². The van der Waals surface area contributed by atoms with Crippen molar-refractivity contribution in [2.24, 2.45) is 0 Å². The average Bonchev–Trinajstić information content (AvgIpc) is 3.33. The van der Waals surface area contributed by atoms with Crippen molar-refractivity contribution < 1.29 is 9.53 Å². The highest BCUT2D eigenvalue weighted by atomic mass is 35.5. The molecular formula is C25H24ClN3O3S. The number of ether oxygens (including phenoxy) is 1. The van der Waals surface area contributed by atoms with Gasteiger partial charge in [0.15, 0.2) is 0 Å². The molecule has 4 aromatic rings. The van der Waals surface area contributed by atoms with Crippen molar-refractivity contribution in [1.82, 2.24) is 14.5 Å². The van der Waals surface area contributed by atoms with Crippen LogP contribution < -0.4 is 10.3 Å². The molecule has 2 aromatic carbocycles. The smallest absolute Gasteiger partial charge is 0.261 e. The molecule has 6 nitrogen and oxygen atoms in total. The van der Waals surface area contributed by atoms with Gasteiger partial charge in [-0.05, 0) is 54.3 Å². The number of halogens is 1. The molecule has 0 aliphatic rings. The van der Waals surface area contributed by atoms with Gasteiger partial charge < -0.3 is 9.64 Å². The van der Waals surface area contributed by atoms with Crippen molar-refractivity contribution in [1.29, 1.82) is 0 Å². The SMILES string of the molecule is COc1ccc(CN(C(=O)Cn2cnc3ccc(Cl)cc3c2=O)[C@H](C)Cc2cccs2)cc1. The van der Waals surface area contributed by atoms with Crippen molar-refractivity contribution in [3.05, 3.63) is 92.1 Å². The maximum Gasteiger partial charge on any atom is 0.261 e. The standard InChI is InChI=1S/C25H24ClN3O3S/c1-17(12-21-4-3-11-33-21)29(14-18-5-8-20(32-2)9-6-18)24(30)15-28-16-27-23-10-7-19(26)13-22(23)25(28)31/h3-11,13,16-17H,12,14-15H2,1-2H3/t17-/m1/s1. The second kappa shape index (κ2) is 10.2. The number of benzene rings is 2. The van der Waals surface area contributed by atoms with Crippen LogP contribution in [0.15, 0.2) is 71.1 Å². The first-order valence-corrected chi connectivity index (χ1v) is 11.8. The van der Waals surface area contributed by atoms with Gasteiger partial charge >= 0.3 is 0 Å². The highest BCUT2D eigenvalue weighted by Crippen LogP contribution is 2.19. The molecule has 0 aliphatic carbocycles. The van der Waals surface area contributed by atoms with Crippen LogP contribution in [0.5, 0.6) is 5.75 Å². The molecule has 0 saturated carbocycles. The quantitative estimate of drug-likeness (QED) is 0.363. The maximum atomic E-state index is 13.5. The molecule has 0 unspecified atom stereocenters. The third kappa shape index (κ3) is 5.43. The van der Waals surface area contributed by atoms with Crippen LogP contribution in [-0.2, 0) is 24.3 Å². The lowest BCUT2D eigenvalue weighted by molar-refractivity contribution is -0.134. The van der Waals surface area contributed by atoms with Crippen molar-refractivity contribution >= 4 is 39.7 Å². The molecule has 33 heavy (non-hydrogen) atoms. The van der Waals surface area contributed by atoms with Gasteiger partial charge in [0.05, 0.1) is 24.3 Å². The van der Waals surface area contributed by atoms with Crippen LogP contribution in [0.1, 0.15) is 17.4 Å². The number of hydrogen-bond donors (Lipinski definition) is 0. The summed E-state index contributed by atoms with van der Waals surface area (Å²) in [4.78, 5) is 33.8. The minimum Gasteiger partial charge on any atom is -0.497 e. The van der Waals surface area contributed by atoms with E-state index in [-0.39, 0.29) is 24.1 Å². The Morgan fingerprint density at radius 1 is 1.21 bits per heavy atom. The Hall–Kier alpha value is -3.16. The molecule has 8 heteroatoms. The lowest BCUT2D eigenvalue weighted by Crippen LogP contribution is -2.42. The second-order valence-corrected chi connectivity index (χ2v) is 9.31. The molecule has 0 N–H and O–H groups in total. The van der Waals surface area contributed by atoms with Gasteiger partial charge in [-0.2, -0.15) is 0 Å². The number of hydrogen-bond acceptors (Lipinski definition) is 5. The number of carbonyl (C=O) groups is 1. The molecule has 0 radical (unpaired) electrons. The number of thiophene rings is 1. The normalized spacial score (nSPS) is 12.0. The summed E-state index contributed by atoms with van der Waals surface area (Å²) < 4.78 is 6.59. The molecule has 0 saturated heterocycles. The molecule has 0 spiro atoms. The predicted molar refractivity (Wildman–Crippen MR) is 132 cm³/mol. The summed E-state index contributed by atoms with van der Waals surface area (Å²) in [5.74, 6) is 0.607. The first-order chi connectivity index (χ1) is 15.9. The van der Waals surface area contributed by atoms with E-state index in [0.717, 1.165) is 17.7 Å². The molecule has 2 heterocycles. The predicted octanol–water partition coefficient (Wildman–Crippen LogP) is 4.78. The summed E-state index contributed by atoms with van der Waals surface area (Å²) >= 11 is 7.73. The Labute approximate surface area is 201 Å². The summed E-state index contributed by atoms with van der Waals surface area (Å²) in [6.45, 7) is 2.36. The first-order valence-electron chi connectivity index (χ1n) is 10.5. The fourth-order valence-electron chi connectivity index (χ4n) is 3.73. The minimum absolute atomic E-state index is 0.0585. The second-order valence-electron chi connectivity index (χ2n) is 7.84. The fourth-order valence-corrected chi connectivity index (χ4v) is 4.73. The van der Waals surface area contributed by atoms with E-state index in [2.05, 4.69) is 11.1 Å². The van der Waals surface area contributed by atoms with Gasteiger partial charge in [-0.3, -0.25) is 14.2 Å². The van der Waals surface area contributed by atoms with Crippen molar-refractivity contribution in [2.45, 2.75) is 32.5 Å². The van der Waals surface area contributed by atoms with Gasteiger partial charge in [-0.15, -0.1) is 11.3 Å². The van der Waals surface area contributed by atoms with E-state index >= 15 is 0 Å². The average molecular weight is 482 g/mol. The lowest BCUT2D eigenvalue weighted by Gasteiger charge is -2.30. The van der Waals surface area contributed by atoms with E-state index in [1.165, 1.54) is 15.8 Å². The Morgan fingerprint density at radius 3 is 2.70 bits per heavy atom. The minimum atomic E-state index is -0.286. The van der Waals surface area contributed by atoms with Gasteiger partial charge in [-0.1, -0.05) is 29.8 Å². The van der Waals surface area contributed by atoms with Gasteiger partial charge in [0.2, 0.25) is 5.91 Å². The molecule has 0 aliphatic heterocycles. The molecule has 2 aromatic heterocycles. The molecule has 0 bridgehead atoms. The zero-order chi connectivity index (χ0) is 23.4. The summed E-state index contributed by atoms with van der Waals surface area (Å²) in [6, 6.07) is 16.6. The van der Waals surface area contributed by atoms with Gasteiger partial charge in [0.25, 0.3) is 5.56 Å². The highest BCUT2D eigenvalue weighted by molar-refractivity contribution is 7.09. The van der Waals surface area contributed by atoms with E-state index in [4.69, 9.17) is 16.3 Å². The van der Waals surface area contributed by atoms with E-state index in [1.807, 2.05) is 47.5 Å². The van der Waals surface area contributed by atoms with E-state index in [9.17, 15) is 9.59 Å². The van der Waals surface area contributed by atoms with Crippen LogP contribution in [0.3, 0.4) is 0 Å². The number of amides is 1. The van der Waals surface area contributed by atoms with Crippen molar-refractivity contribution in [2.75, 3.05) is 7.11 Å². The van der Waals surface area contributed by atoms with E-state index < -0.39 is 0 Å². The van der Waals surface area contributed by atoms with Gasteiger partial charge in [-0.25, -0.2) is 4.98 Å². The Balaban J connectivity index is 1.61. The largest absolute Gasteiger partial charge is 0.497 e. The molecule has 1 atom stereocenters. The Kier molecular flexibility index (Phi) is 7.11. The van der Waals surface area contributed by atoms with Gasteiger partial charge in [0, 0.05) is 28.9 Å². The summed E-state index contributed by atoms with van der Waals surface area (Å²) in [6.07, 6.45) is 2.16. The summed E-state index contributed by atoms with van der Waals surface area (Å²) in [5, 5.41) is 2.88. The van der Waals surface area contributed by atoms with E-state index in [1.54, 1.807) is 36.6 Å². The van der Waals surface area contributed by atoms with E-state index in [0.29, 0.717) is 22.5 Å². The topological polar surface area (TPSA) is 64.4 Å². The lowest BCUT2D eigenvalue weighted by atomic mass is 10.1. The maximum absolute atomic E-state index is 13.5. The van der Waals surface area contributed by atoms with Gasteiger partial charge in [0.1, 0.15) is 12.3 Å². The fraction of sp³-hybridized carbons (Fsp3) is 0.240. The number of methoxy groups -OCH3 is 1. The van der Waals surface area contributed by atoms with Crippen LogP contribution in [0, 0.1) is 0 Å². The van der Waals surface area contributed by atoms with Crippen molar-refractivity contribution in [3.8, 4) is 5.75 Å². The number of aromatic nitrogens is 2. The number of nitrogens with zero attached hydrogens (tertiary/aromatic N) is 3. The zero-order valence-corrected chi connectivity index (χ0v) is 20.0. The molecule has 4 rings (SSSR count). The van der Waals surface area contributed by atoms with Crippen LogP contribution in [-0.4, -0.2) is 33.5 Å². The summed E-state index contributed by atoms with van der Waals surface area (Å²) in [7, 11) is 1.62. The highest BCUT2D eigenvalue weighted by Gasteiger charge is 2.22. The number of carbonyl (C=O) groups excluding carboxylic acids is 1. The summed E-state index contributed by atoms with van der Waals surface area (Å²) in [5.41, 5.74) is 1.25. The molecular weight excluding hydrogens is 458 g/mol. The molecule has 1 amide bonds. The monoisotopic (exact) mass is 481 g/mol. The third-order valence-corrected chi connectivity index (χ3v) is 6.67. The first kappa shape index (κ1) is 23.0. The molecule has 0 fully saturated rings. The Bertz CT molecular complexity index is 1300. The van der Waals surface area contributed by atoms with Crippen molar-refractivity contribution in [3.63, 3.8) is 0 Å². The zero-order valence-electron chi connectivity index (χ0n) is 18.4.